The molecule has 2 aromatic carbocycles. The average molecular weight is 383 g/mol. The van der Waals surface area contributed by atoms with Gasteiger partial charge in [0, 0.05) is 17.1 Å². The standard InChI is InChI=1S/C22H26N2O2S/c1-27-19-9-5-8-18(14-19)23-21(17-6-3-2-4-7-17)22(25)26-20-15-24-12-10-16(20)11-13-24/h2-9,14,16,20-21,23H,10-13,15H2,1H3/t20?,21-/m1/s1. The molecular weight excluding hydrogens is 356 g/mol. The molecule has 0 amide bonds. The Morgan fingerprint density at radius 3 is 2.59 bits per heavy atom. The molecule has 5 heteroatoms. The van der Waals surface area contributed by atoms with Crippen LogP contribution >= 0.6 is 11.8 Å². The Morgan fingerprint density at radius 2 is 1.93 bits per heavy atom. The second-order valence-electron chi connectivity index (χ2n) is 7.33. The highest BCUT2D eigenvalue weighted by molar-refractivity contribution is 7.98. The lowest BCUT2D eigenvalue weighted by atomic mass is 9.86. The Kier molecular flexibility index (Phi) is 5.69. The number of piperidine rings is 3. The predicted octanol–water partition coefficient (Wildman–Crippen LogP) is 4.20. The van der Waals surface area contributed by atoms with Crippen LogP contribution in [0.1, 0.15) is 24.4 Å². The van der Waals surface area contributed by atoms with Crippen molar-refractivity contribution in [2.45, 2.75) is 29.9 Å². The number of hydrogen-bond acceptors (Lipinski definition) is 5. The number of nitrogens with zero attached hydrogens (tertiary/aromatic N) is 1. The molecule has 0 radical (unpaired) electrons. The van der Waals surface area contributed by atoms with Crippen LogP contribution < -0.4 is 5.32 Å². The van der Waals surface area contributed by atoms with Crippen molar-refractivity contribution in [3.8, 4) is 0 Å². The zero-order valence-electron chi connectivity index (χ0n) is 15.6. The van der Waals surface area contributed by atoms with E-state index < -0.39 is 6.04 Å². The van der Waals surface area contributed by atoms with Crippen LogP contribution in [-0.2, 0) is 9.53 Å². The second-order valence-corrected chi connectivity index (χ2v) is 8.21. The van der Waals surface area contributed by atoms with Crippen molar-refractivity contribution in [1.29, 1.82) is 0 Å². The van der Waals surface area contributed by atoms with Crippen LogP contribution in [0.25, 0.3) is 0 Å². The van der Waals surface area contributed by atoms with Gasteiger partial charge in [-0.3, -0.25) is 4.90 Å². The highest BCUT2D eigenvalue weighted by Crippen LogP contribution is 2.31. The maximum absolute atomic E-state index is 13.1. The predicted molar refractivity (Wildman–Crippen MR) is 110 cm³/mol. The third-order valence-electron chi connectivity index (χ3n) is 5.61. The van der Waals surface area contributed by atoms with E-state index in [0.717, 1.165) is 48.6 Å². The highest BCUT2D eigenvalue weighted by Gasteiger charge is 2.37. The normalized spacial score (nSPS) is 25.0. The number of carbonyl (C=O) groups excluding carboxylic acids is 1. The largest absolute Gasteiger partial charge is 0.459 e. The van der Waals surface area contributed by atoms with Gasteiger partial charge in [-0.05, 0) is 61.9 Å². The maximum atomic E-state index is 13.1. The molecule has 5 rings (SSSR count). The van der Waals surface area contributed by atoms with E-state index in [4.69, 9.17) is 4.74 Å². The summed E-state index contributed by atoms with van der Waals surface area (Å²) in [6.45, 7) is 3.15. The van der Waals surface area contributed by atoms with E-state index >= 15 is 0 Å². The van der Waals surface area contributed by atoms with Gasteiger partial charge in [-0.15, -0.1) is 11.8 Å². The summed E-state index contributed by atoms with van der Waals surface area (Å²) in [6, 6.07) is 17.5. The number of thioether (sulfide) groups is 1. The molecule has 0 spiro atoms. The smallest absolute Gasteiger partial charge is 0.333 e. The minimum absolute atomic E-state index is 0.0190. The molecule has 1 N–H and O–H groups in total. The minimum atomic E-state index is -0.501. The highest BCUT2D eigenvalue weighted by atomic mass is 32.2. The summed E-state index contributed by atoms with van der Waals surface area (Å²) in [5.74, 6) is 0.324. The van der Waals surface area contributed by atoms with Gasteiger partial charge < -0.3 is 10.1 Å². The molecular formula is C22H26N2O2S. The number of benzene rings is 2. The number of ether oxygens (including phenoxy) is 1. The fourth-order valence-electron chi connectivity index (χ4n) is 4.06. The summed E-state index contributed by atoms with van der Waals surface area (Å²) in [7, 11) is 0. The van der Waals surface area contributed by atoms with Gasteiger partial charge in [0.2, 0.25) is 0 Å². The van der Waals surface area contributed by atoms with E-state index in [9.17, 15) is 4.79 Å². The molecule has 0 aliphatic carbocycles. The number of rotatable bonds is 6. The monoisotopic (exact) mass is 382 g/mol. The first-order chi connectivity index (χ1) is 13.2. The van der Waals surface area contributed by atoms with Gasteiger partial charge in [0.15, 0.2) is 6.04 Å². The van der Waals surface area contributed by atoms with Gasteiger partial charge in [-0.25, -0.2) is 4.79 Å². The van der Waals surface area contributed by atoms with Crippen molar-refractivity contribution >= 4 is 23.4 Å². The molecule has 0 saturated carbocycles. The van der Waals surface area contributed by atoms with Crippen LogP contribution in [0.4, 0.5) is 5.69 Å². The molecule has 1 unspecified atom stereocenters. The van der Waals surface area contributed by atoms with Crippen LogP contribution in [0.2, 0.25) is 0 Å². The Morgan fingerprint density at radius 1 is 1.15 bits per heavy atom. The molecule has 2 atom stereocenters. The van der Waals surface area contributed by atoms with E-state index in [-0.39, 0.29) is 12.1 Å². The van der Waals surface area contributed by atoms with Gasteiger partial charge in [0.05, 0.1) is 0 Å². The van der Waals surface area contributed by atoms with Crippen LogP contribution in [-0.4, -0.2) is 42.9 Å². The lowest BCUT2D eigenvalue weighted by Crippen LogP contribution is -2.52. The number of esters is 1. The van der Waals surface area contributed by atoms with E-state index in [1.165, 1.54) is 0 Å². The Labute approximate surface area is 165 Å². The summed E-state index contributed by atoms with van der Waals surface area (Å²) in [4.78, 5) is 16.7. The van der Waals surface area contributed by atoms with Crippen molar-refractivity contribution in [2.24, 2.45) is 5.92 Å². The lowest BCUT2D eigenvalue weighted by molar-refractivity contribution is -0.159. The third-order valence-corrected chi connectivity index (χ3v) is 6.34. The zero-order valence-corrected chi connectivity index (χ0v) is 16.5. The first kappa shape index (κ1) is 18.4. The molecule has 4 nitrogen and oxygen atoms in total. The molecule has 3 aliphatic rings. The summed E-state index contributed by atoms with van der Waals surface area (Å²) in [5, 5.41) is 3.40. The van der Waals surface area contributed by atoms with Gasteiger partial charge in [-0.1, -0.05) is 36.4 Å². The third kappa shape index (κ3) is 4.30. The van der Waals surface area contributed by atoms with E-state index in [0.29, 0.717) is 5.92 Å². The van der Waals surface area contributed by atoms with E-state index in [1.807, 2.05) is 42.5 Å². The minimum Gasteiger partial charge on any atom is -0.459 e. The number of carbonyl (C=O) groups is 1. The molecule has 0 aromatic heterocycles. The van der Waals surface area contributed by atoms with Crippen molar-refractivity contribution in [2.75, 3.05) is 31.2 Å². The lowest BCUT2D eigenvalue weighted by Gasteiger charge is -2.44. The second kappa shape index (κ2) is 8.36. The number of anilines is 1. The van der Waals surface area contributed by atoms with Crippen LogP contribution in [0.15, 0.2) is 59.5 Å². The number of hydrogen-bond donors (Lipinski definition) is 1. The van der Waals surface area contributed by atoms with E-state index in [2.05, 4.69) is 28.6 Å². The molecule has 2 bridgehead atoms. The molecule has 3 fully saturated rings. The quantitative estimate of drug-likeness (QED) is 0.599. The topological polar surface area (TPSA) is 41.6 Å². The SMILES string of the molecule is CSc1cccc(N[C@@H](C(=O)OC2CN3CCC2CC3)c2ccccc2)c1. The summed E-state index contributed by atoms with van der Waals surface area (Å²) in [6.07, 6.45) is 4.34. The Hall–Kier alpha value is -1.98. The number of nitrogens with one attached hydrogen (secondary N) is 1. The summed E-state index contributed by atoms with van der Waals surface area (Å²) in [5.41, 5.74) is 1.86. The van der Waals surface area contributed by atoms with Gasteiger partial charge in [0.25, 0.3) is 0 Å². The first-order valence-electron chi connectivity index (χ1n) is 9.61. The average Bonchev–Trinajstić information content (AvgIpc) is 2.73. The van der Waals surface area contributed by atoms with E-state index in [1.54, 1.807) is 11.8 Å². The van der Waals surface area contributed by atoms with Crippen LogP contribution in [0.5, 0.6) is 0 Å². The van der Waals surface area contributed by atoms with Gasteiger partial charge in [0.1, 0.15) is 6.10 Å². The fourth-order valence-corrected chi connectivity index (χ4v) is 4.52. The van der Waals surface area contributed by atoms with Gasteiger partial charge >= 0.3 is 5.97 Å². The first-order valence-corrected chi connectivity index (χ1v) is 10.8. The Bertz CT molecular complexity index is 775. The van der Waals surface area contributed by atoms with Gasteiger partial charge in [-0.2, -0.15) is 0 Å². The molecule has 2 aromatic rings. The molecule has 3 saturated heterocycles. The summed E-state index contributed by atoms with van der Waals surface area (Å²) >= 11 is 1.69. The Balaban J connectivity index is 1.53. The molecule has 27 heavy (non-hydrogen) atoms. The summed E-state index contributed by atoms with van der Waals surface area (Å²) < 4.78 is 6.02. The van der Waals surface area contributed by atoms with Crippen molar-refractivity contribution < 1.29 is 9.53 Å². The number of fused-ring (bicyclic) bond motifs is 3. The molecule has 3 aliphatic heterocycles. The van der Waals surface area contributed by atoms with Crippen LogP contribution in [0, 0.1) is 5.92 Å². The maximum Gasteiger partial charge on any atom is 0.333 e. The van der Waals surface area contributed by atoms with Crippen molar-refractivity contribution in [3.63, 3.8) is 0 Å². The zero-order chi connectivity index (χ0) is 18.6. The molecule has 142 valence electrons. The van der Waals surface area contributed by atoms with Crippen LogP contribution in [0.3, 0.4) is 0 Å². The fraction of sp³-hybridized carbons (Fsp3) is 0.409. The molecule has 3 heterocycles. The van der Waals surface area contributed by atoms with Crippen molar-refractivity contribution in [1.82, 2.24) is 4.90 Å². The van der Waals surface area contributed by atoms with Crippen molar-refractivity contribution in [3.05, 3.63) is 60.2 Å².